The number of carbonyl (C=O) groups excluding carboxylic acids is 1. The van der Waals surface area contributed by atoms with Crippen LogP contribution in [-0.2, 0) is 9.53 Å². The summed E-state index contributed by atoms with van der Waals surface area (Å²) >= 11 is 0. The van der Waals surface area contributed by atoms with Crippen molar-refractivity contribution in [3.63, 3.8) is 0 Å². The number of anilines is 1. The Kier molecular flexibility index (Phi) is 6.34. The zero-order chi connectivity index (χ0) is 22.9. The molecule has 4 atom stereocenters. The summed E-state index contributed by atoms with van der Waals surface area (Å²) in [6.07, 6.45) is 4.84. The van der Waals surface area contributed by atoms with Gasteiger partial charge in [0.05, 0.1) is 11.6 Å². The smallest absolute Gasteiger partial charge is 0.231 e. The van der Waals surface area contributed by atoms with Crippen molar-refractivity contribution in [3.05, 3.63) is 53.0 Å². The molecular formula is C26H35N5O2. The van der Waals surface area contributed by atoms with Crippen LogP contribution in [0.25, 0.3) is 0 Å². The van der Waals surface area contributed by atoms with E-state index in [1.165, 1.54) is 11.1 Å². The van der Waals surface area contributed by atoms with Crippen LogP contribution in [0.1, 0.15) is 66.5 Å². The second kappa shape index (κ2) is 9.39. The van der Waals surface area contributed by atoms with Crippen molar-refractivity contribution >= 4 is 11.7 Å². The Morgan fingerprint density at radius 3 is 2.58 bits per heavy atom. The molecule has 1 N–H and O–H groups in total. The lowest BCUT2D eigenvalue weighted by Crippen LogP contribution is -2.52. The third kappa shape index (κ3) is 4.24. The Morgan fingerprint density at radius 2 is 1.91 bits per heavy atom. The van der Waals surface area contributed by atoms with Crippen molar-refractivity contribution < 1.29 is 9.53 Å². The monoisotopic (exact) mass is 449 g/mol. The van der Waals surface area contributed by atoms with Crippen LogP contribution in [0.4, 0.5) is 5.82 Å². The van der Waals surface area contributed by atoms with E-state index in [-0.39, 0.29) is 24.0 Å². The number of nitrogens with one attached hydrogen (secondary N) is 1. The van der Waals surface area contributed by atoms with Gasteiger partial charge in [-0.15, -0.1) is 0 Å². The number of rotatable bonds is 5. The molecule has 7 heteroatoms. The molecule has 3 heterocycles. The average Bonchev–Trinajstić information content (AvgIpc) is 3.49. The fourth-order valence-corrected chi connectivity index (χ4v) is 5.79. The van der Waals surface area contributed by atoms with Gasteiger partial charge in [0, 0.05) is 44.9 Å². The molecule has 2 aromatic rings. The van der Waals surface area contributed by atoms with Gasteiger partial charge in [-0.2, -0.15) is 0 Å². The first kappa shape index (κ1) is 22.3. The third-order valence-corrected chi connectivity index (χ3v) is 7.64. The van der Waals surface area contributed by atoms with Crippen molar-refractivity contribution in [3.8, 4) is 0 Å². The number of nitrogens with zero attached hydrogens (tertiary/aromatic N) is 4. The van der Waals surface area contributed by atoms with Crippen molar-refractivity contribution in [1.29, 1.82) is 0 Å². The van der Waals surface area contributed by atoms with Crippen LogP contribution < -0.4 is 10.2 Å². The second-order valence-corrected chi connectivity index (χ2v) is 9.76. The molecular weight excluding hydrogens is 414 g/mol. The molecule has 1 aliphatic carbocycles. The number of aromatic nitrogens is 2. The first-order chi connectivity index (χ1) is 16.1. The molecule has 0 unspecified atom stereocenters. The maximum absolute atomic E-state index is 13.8. The van der Waals surface area contributed by atoms with Gasteiger partial charge in [0.25, 0.3) is 0 Å². The molecule has 0 saturated carbocycles. The van der Waals surface area contributed by atoms with Gasteiger partial charge in [-0.3, -0.25) is 4.79 Å². The highest BCUT2D eigenvalue weighted by molar-refractivity contribution is 5.85. The first-order valence-corrected chi connectivity index (χ1v) is 12.3. The van der Waals surface area contributed by atoms with E-state index in [9.17, 15) is 4.79 Å². The molecule has 1 amide bonds. The molecule has 1 aromatic carbocycles. The van der Waals surface area contributed by atoms with Gasteiger partial charge in [0.2, 0.25) is 5.91 Å². The summed E-state index contributed by atoms with van der Waals surface area (Å²) in [7, 11) is 1.75. The summed E-state index contributed by atoms with van der Waals surface area (Å²) in [5, 5.41) is 3.58. The number of benzene rings is 1. The molecule has 176 valence electrons. The maximum Gasteiger partial charge on any atom is 0.231 e. The fraction of sp³-hybridized carbons (Fsp3) is 0.577. The summed E-state index contributed by atoms with van der Waals surface area (Å²) in [6.45, 7) is 8.33. The third-order valence-electron chi connectivity index (χ3n) is 7.64. The Hall–Kier alpha value is -2.51. The van der Waals surface area contributed by atoms with E-state index < -0.39 is 0 Å². The molecule has 0 radical (unpaired) electrons. The summed E-state index contributed by atoms with van der Waals surface area (Å²) in [5.41, 5.74) is 4.60. The zero-order valence-corrected chi connectivity index (χ0v) is 20.0. The van der Waals surface area contributed by atoms with E-state index in [1.54, 1.807) is 13.4 Å². The van der Waals surface area contributed by atoms with Crippen molar-refractivity contribution in [1.82, 2.24) is 20.2 Å². The second-order valence-electron chi connectivity index (χ2n) is 9.76. The topological polar surface area (TPSA) is 70.6 Å². The van der Waals surface area contributed by atoms with E-state index in [4.69, 9.17) is 4.74 Å². The fourth-order valence-electron chi connectivity index (χ4n) is 5.79. The minimum atomic E-state index is -0.120. The van der Waals surface area contributed by atoms with Crippen LogP contribution in [-0.4, -0.2) is 66.7 Å². The van der Waals surface area contributed by atoms with Gasteiger partial charge >= 0.3 is 0 Å². The lowest BCUT2D eigenvalue weighted by atomic mass is 9.88. The summed E-state index contributed by atoms with van der Waals surface area (Å²) in [5.74, 6) is 1.52. The molecule has 2 fully saturated rings. The number of aryl methyl sites for hydroxylation is 1. The molecule has 2 saturated heterocycles. The summed E-state index contributed by atoms with van der Waals surface area (Å²) < 4.78 is 5.66. The summed E-state index contributed by atoms with van der Waals surface area (Å²) in [6, 6.07) is 8.71. The molecule has 2 aliphatic heterocycles. The van der Waals surface area contributed by atoms with Crippen molar-refractivity contribution in [2.24, 2.45) is 0 Å². The molecule has 0 spiro atoms. The molecule has 0 bridgehead atoms. The van der Waals surface area contributed by atoms with Crippen molar-refractivity contribution in [2.75, 3.05) is 44.7 Å². The minimum absolute atomic E-state index is 0.0498. The quantitative estimate of drug-likeness (QED) is 0.756. The van der Waals surface area contributed by atoms with Crippen LogP contribution in [0.2, 0.25) is 0 Å². The first-order valence-electron chi connectivity index (χ1n) is 12.3. The number of carbonyl (C=O) groups is 1. The van der Waals surface area contributed by atoms with Crippen LogP contribution in [0.3, 0.4) is 0 Å². The Labute approximate surface area is 196 Å². The highest BCUT2D eigenvalue weighted by Crippen LogP contribution is 2.44. The number of ether oxygens (including phenoxy) is 1. The Bertz CT molecular complexity index is 981. The number of fused-ring (bicyclic) bond motifs is 1. The van der Waals surface area contributed by atoms with Crippen LogP contribution in [0, 0.1) is 6.92 Å². The van der Waals surface area contributed by atoms with Gasteiger partial charge in [-0.05, 0) is 44.2 Å². The predicted octanol–water partition coefficient (Wildman–Crippen LogP) is 3.16. The van der Waals surface area contributed by atoms with Crippen LogP contribution in [0.15, 0.2) is 30.6 Å². The summed E-state index contributed by atoms with van der Waals surface area (Å²) in [4.78, 5) is 27.3. The normalized spacial score (nSPS) is 25.8. The predicted molar refractivity (Wildman–Crippen MR) is 129 cm³/mol. The van der Waals surface area contributed by atoms with Gasteiger partial charge in [-0.1, -0.05) is 36.8 Å². The number of piperazine rings is 1. The van der Waals surface area contributed by atoms with E-state index in [2.05, 4.69) is 63.2 Å². The minimum Gasteiger partial charge on any atom is -0.375 e. The average molecular weight is 450 g/mol. The number of amides is 1. The van der Waals surface area contributed by atoms with Gasteiger partial charge in [0.15, 0.2) is 0 Å². The van der Waals surface area contributed by atoms with Crippen LogP contribution in [0.5, 0.6) is 0 Å². The molecule has 33 heavy (non-hydrogen) atoms. The van der Waals surface area contributed by atoms with Crippen molar-refractivity contribution in [2.45, 2.75) is 57.1 Å². The van der Waals surface area contributed by atoms with E-state index in [0.717, 1.165) is 69.1 Å². The van der Waals surface area contributed by atoms with Gasteiger partial charge in [-0.25, -0.2) is 9.97 Å². The largest absolute Gasteiger partial charge is 0.375 e. The number of hydrogen-bond donors (Lipinski definition) is 1. The maximum atomic E-state index is 13.8. The highest BCUT2D eigenvalue weighted by Gasteiger charge is 2.38. The lowest BCUT2D eigenvalue weighted by Gasteiger charge is -2.38. The molecule has 3 aliphatic rings. The number of hydrogen-bond acceptors (Lipinski definition) is 6. The molecule has 7 nitrogen and oxygen atoms in total. The number of methoxy groups -OCH3 is 1. The van der Waals surface area contributed by atoms with E-state index in [1.807, 2.05) is 0 Å². The Morgan fingerprint density at radius 1 is 1.15 bits per heavy atom. The Balaban J connectivity index is 1.32. The van der Waals surface area contributed by atoms with E-state index >= 15 is 0 Å². The zero-order valence-electron chi connectivity index (χ0n) is 20.0. The standard InChI is InChI=1S/C26H35N5O2/c1-17-6-8-19(9-7-17)23(20-5-4-10-27-20)26(32)31-13-11-30(12-14-31)25-22-18(2)15-21(33-3)24(22)28-16-29-25/h6-9,16,18,20-21,23,27H,4-5,10-15H2,1-3H3/t18-,20+,21-,23+/m1/s1. The van der Waals surface area contributed by atoms with Gasteiger partial charge in [0.1, 0.15) is 18.2 Å². The van der Waals surface area contributed by atoms with Crippen LogP contribution >= 0.6 is 0 Å². The van der Waals surface area contributed by atoms with E-state index in [0.29, 0.717) is 5.92 Å². The SMILES string of the molecule is CO[C@@H]1C[C@@H](C)c2c1ncnc2N1CCN(C(=O)[C@@H](c2ccc(C)cc2)[C@@H]2CCCN2)CC1. The highest BCUT2D eigenvalue weighted by atomic mass is 16.5. The molecule has 1 aromatic heterocycles. The van der Waals surface area contributed by atoms with Gasteiger partial charge < -0.3 is 19.9 Å². The molecule has 5 rings (SSSR count). The lowest BCUT2D eigenvalue weighted by molar-refractivity contribution is -0.133.